The van der Waals surface area contributed by atoms with E-state index in [-0.39, 0.29) is 0 Å². The van der Waals surface area contributed by atoms with E-state index in [1.807, 2.05) is 6.07 Å². The number of rotatable bonds is 9. The lowest BCUT2D eigenvalue weighted by atomic mass is 10.0. The number of fused-ring (bicyclic) bond motifs is 3. The van der Waals surface area contributed by atoms with Gasteiger partial charge in [-0.1, -0.05) is 31.3 Å². The highest BCUT2D eigenvalue weighted by Gasteiger charge is 2.21. The molecule has 2 aromatic carbocycles. The van der Waals surface area contributed by atoms with Crippen LogP contribution in [0.1, 0.15) is 46.7 Å². The minimum absolute atomic E-state index is 0.291. The van der Waals surface area contributed by atoms with E-state index in [9.17, 15) is 14.0 Å². The number of carbonyl (C=O) groups excluding carboxylic acids is 2. The number of benzene rings is 2. The van der Waals surface area contributed by atoms with Crippen molar-refractivity contribution in [2.45, 2.75) is 26.7 Å². The molecule has 0 fully saturated rings. The van der Waals surface area contributed by atoms with Gasteiger partial charge in [0.2, 0.25) is 5.91 Å². The number of nitrogens with zero attached hydrogens (tertiary/aromatic N) is 3. The molecule has 166 valence electrons. The van der Waals surface area contributed by atoms with Gasteiger partial charge >= 0.3 is 0 Å². The first-order valence-electron chi connectivity index (χ1n) is 10.7. The third-order valence-electron chi connectivity index (χ3n) is 5.80. The van der Waals surface area contributed by atoms with Gasteiger partial charge in [0.1, 0.15) is 12.1 Å². The van der Waals surface area contributed by atoms with Crippen molar-refractivity contribution < 1.29 is 14.0 Å². The smallest absolute Gasteiger partial charge is 0.248 e. The number of amides is 1. The SMILES string of the molecule is CCN(CC)CCCc1c(-c2ccc(C=O)cc2F)nc2sc3cc(C(N)=O)ccc3n12. The van der Waals surface area contributed by atoms with Gasteiger partial charge < -0.3 is 10.6 Å². The summed E-state index contributed by atoms with van der Waals surface area (Å²) in [6.45, 7) is 7.16. The van der Waals surface area contributed by atoms with E-state index >= 15 is 0 Å². The van der Waals surface area contributed by atoms with Crippen LogP contribution in [0.15, 0.2) is 36.4 Å². The van der Waals surface area contributed by atoms with Gasteiger partial charge in [0.05, 0.1) is 21.6 Å². The number of hydrogen-bond acceptors (Lipinski definition) is 5. The Morgan fingerprint density at radius 3 is 2.66 bits per heavy atom. The Balaban J connectivity index is 1.85. The number of imidazole rings is 1. The van der Waals surface area contributed by atoms with Crippen molar-refractivity contribution in [3.63, 3.8) is 0 Å². The zero-order chi connectivity index (χ0) is 22.8. The van der Waals surface area contributed by atoms with E-state index in [1.54, 1.807) is 24.3 Å². The fraction of sp³-hybridized carbons (Fsp3) is 0.292. The van der Waals surface area contributed by atoms with Crippen LogP contribution in [-0.4, -0.2) is 46.1 Å². The highest BCUT2D eigenvalue weighted by Crippen LogP contribution is 2.35. The van der Waals surface area contributed by atoms with Crippen LogP contribution >= 0.6 is 11.3 Å². The van der Waals surface area contributed by atoms with Gasteiger partial charge in [-0.3, -0.25) is 14.0 Å². The number of primary amides is 1. The zero-order valence-electron chi connectivity index (χ0n) is 18.1. The number of carbonyl (C=O) groups is 2. The lowest BCUT2D eigenvalue weighted by Crippen LogP contribution is -2.24. The number of thiazole rings is 1. The van der Waals surface area contributed by atoms with Crippen LogP contribution in [-0.2, 0) is 6.42 Å². The molecule has 2 aromatic heterocycles. The molecule has 2 heterocycles. The molecule has 4 rings (SSSR count). The van der Waals surface area contributed by atoms with Gasteiger partial charge in [-0.2, -0.15) is 0 Å². The molecule has 0 radical (unpaired) electrons. The molecule has 8 heteroatoms. The summed E-state index contributed by atoms with van der Waals surface area (Å²) in [7, 11) is 0. The van der Waals surface area contributed by atoms with Gasteiger partial charge in [-0.15, -0.1) is 0 Å². The Labute approximate surface area is 189 Å². The number of aryl methyl sites for hydroxylation is 1. The minimum atomic E-state index is -0.476. The van der Waals surface area contributed by atoms with Crippen molar-refractivity contribution in [2.24, 2.45) is 5.73 Å². The molecule has 0 unspecified atom stereocenters. The molecule has 2 N–H and O–H groups in total. The van der Waals surface area contributed by atoms with Gasteiger partial charge in [-0.25, -0.2) is 9.37 Å². The fourth-order valence-corrected chi connectivity index (χ4v) is 5.12. The Morgan fingerprint density at radius 1 is 1.22 bits per heavy atom. The molecular weight excluding hydrogens is 427 g/mol. The van der Waals surface area contributed by atoms with Crippen LogP contribution in [0.5, 0.6) is 0 Å². The predicted octanol–water partition coefficient (Wildman–Crippen LogP) is 4.54. The minimum Gasteiger partial charge on any atom is -0.366 e. The second-order valence-corrected chi connectivity index (χ2v) is 8.67. The number of nitrogens with two attached hydrogens (primary N) is 1. The average molecular weight is 453 g/mol. The lowest BCUT2D eigenvalue weighted by Gasteiger charge is -2.17. The maximum absolute atomic E-state index is 14.9. The Kier molecular flexibility index (Phi) is 6.34. The van der Waals surface area contributed by atoms with Crippen molar-refractivity contribution in [1.82, 2.24) is 14.3 Å². The topological polar surface area (TPSA) is 80.7 Å². The van der Waals surface area contributed by atoms with Crippen LogP contribution in [0.2, 0.25) is 0 Å². The van der Waals surface area contributed by atoms with Gasteiger partial charge in [0, 0.05) is 16.7 Å². The normalized spacial score (nSPS) is 11.6. The van der Waals surface area contributed by atoms with E-state index in [0.29, 0.717) is 35.1 Å². The first-order valence-corrected chi connectivity index (χ1v) is 11.5. The average Bonchev–Trinajstić information content (AvgIpc) is 3.32. The first-order chi connectivity index (χ1) is 15.5. The second-order valence-electron chi connectivity index (χ2n) is 7.66. The molecule has 0 aliphatic heterocycles. The quantitative estimate of drug-likeness (QED) is 0.378. The molecule has 6 nitrogen and oxygen atoms in total. The third kappa shape index (κ3) is 4.03. The summed E-state index contributed by atoms with van der Waals surface area (Å²) in [6, 6.07) is 9.81. The maximum Gasteiger partial charge on any atom is 0.248 e. The zero-order valence-corrected chi connectivity index (χ0v) is 18.9. The van der Waals surface area contributed by atoms with Gasteiger partial charge in [0.15, 0.2) is 4.96 Å². The van der Waals surface area contributed by atoms with Crippen molar-refractivity contribution in [3.05, 3.63) is 59.0 Å². The second kappa shape index (κ2) is 9.18. The molecule has 0 aliphatic carbocycles. The molecule has 0 aliphatic rings. The molecule has 4 aromatic rings. The molecule has 0 spiro atoms. The van der Waals surface area contributed by atoms with E-state index in [4.69, 9.17) is 10.7 Å². The Morgan fingerprint density at radius 2 is 2.00 bits per heavy atom. The first kappa shape index (κ1) is 22.1. The highest BCUT2D eigenvalue weighted by atomic mass is 32.1. The Bertz CT molecular complexity index is 1310. The molecule has 0 saturated carbocycles. The van der Waals surface area contributed by atoms with E-state index in [2.05, 4.69) is 23.1 Å². The molecule has 0 bridgehead atoms. The monoisotopic (exact) mass is 452 g/mol. The van der Waals surface area contributed by atoms with Gasteiger partial charge in [0.25, 0.3) is 0 Å². The van der Waals surface area contributed by atoms with Crippen LogP contribution in [0.3, 0.4) is 0 Å². The predicted molar refractivity (Wildman–Crippen MR) is 126 cm³/mol. The fourth-order valence-electron chi connectivity index (χ4n) is 4.03. The number of aldehydes is 1. The Hall–Kier alpha value is -3.10. The van der Waals surface area contributed by atoms with Crippen molar-refractivity contribution >= 4 is 38.7 Å². The summed E-state index contributed by atoms with van der Waals surface area (Å²) in [5.41, 5.74) is 8.98. The lowest BCUT2D eigenvalue weighted by molar-refractivity contribution is 0.1000. The summed E-state index contributed by atoms with van der Waals surface area (Å²) < 4.78 is 17.8. The highest BCUT2D eigenvalue weighted by molar-refractivity contribution is 7.23. The van der Waals surface area contributed by atoms with Crippen LogP contribution in [0.25, 0.3) is 26.4 Å². The van der Waals surface area contributed by atoms with Crippen molar-refractivity contribution in [3.8, 4) is 11.3 Å². The summed E-state index contributed by atoms with van der Waals surface area (Å²) >= 11 is 1.44. The van der Waals surface area contributed by atoms with Crippen molar-refractivity contribution in [1.29, 1.82) is 0 Å². The third-order valence-corrected chi connectivity index (χ3v) is 6.80. The maximum atomic E-state index is 14.9. The van der Waals surface area contributed by atoms with Crippen LogP contribution in [0.4, 0.5) is 4.39 Å². The summed E-state index contributed by atoms with van der Waals surface area (Å²) in [5.74, 6) is -0.943. The van der Waals surface area contributed by atoms with E-state index < -0.39 is 11.7 Å². The van der Waals surface area contributed by atoms with Crippen LogP contribution < -0.4 is 5.73 Å². The van der Waals surface area contributed by atoms with Crippen LogP contribution in [0, 0.1) is 5.82 Å². The largest absolute Gasteiger partial charge is 0.366 e. The molecule has 32 heavy (non-hydrogen) atoms. The standard InChI is InChI=1S/C24H25FN4O2S/c1-3-28(4-2)11-5-6-20-22(17-9-7-15(14-30)12-18(17)25)27-24-29(20)19-10-8-16(23(26)31)13-21(19)32-24/h7-10,12-14H,3-6,11H2,1-2H3,(H2,26,31). The summed E-state index contributed by atoms with van der Waals surface area (Å²) in [5, 5.41) is 0. The molecule has 0 saturated heterocycles. The summed E-state index contributed by atoms with van der Waals surface area (Å²) in [6.07, 6.45) is 2.24. The summed E-state index contributed by atoms with van der Waals surface area (Å²) in [4.78, 5) is 30.5. The molecule has 1 amide bonds. The van der Waals surface area contributed by atoms with E-state index in [0.717, 1.165) is 46.9 Å². The molecular formula is C24H25FN4O2S. The number of aromatic nitrogens is 2. The van der Waals surface area contributed by atoms with Crippen molar-refractivity contribution in [2.75, 3.05) is 19.6 Å². The molecule has 0 atom stereocenters. The number of halogens is 1. The van der Waals surface area contributed by atoms with Gasteiger partial charge in [-0.05, 0) is 62.8 Å². The number of hydrogen-bond donors (Lipinski definition) is 1. The van der Waals surface area contributed by atoms with E-state index in [1.165, 1.54) is 17.4 Å².